The highest BCUT2D eigenvalue weighted by atomic mass is 32.1. The Kier molecular flexibility index (Phi) is 4.36. The van der Waals surface area contributed by atoms with Crippen LogP contribution in [0, 0.1) is 0 Å². The van der Waals surface area contributed by atoms with E-state index in [9.17, 15) is 9.00 Å². The molecule has 1 atom stereocenters. The third-order valence-corrected chi connectivity index (χ3v) is 3.36. The molecule has 1 amide bonds. The molecule has 0 radical (unpaired) electrons. The summed E-state index contributed by atoms with van der Waals surface area (Å²) in [5.74, 6) is -0.192. The van der Waals surface area contributed by atoms with Gasteiger partial charge in [0, 0.05) is 27.9 Å². The van der Waals surface area contributed by atoms with Crippen molar-refractivity contribution in [2.45, 2.75) is 12.2 Å². The van der Waals surface area contributed by atoms with Crippen LogP contribution < -0.4 is 5.32 Å². The number of anilines is 1. The van der Waals surface area contributed by atoms with E-state index < -0.39 is 0 Å². The Morgan fingerprint density at radius 1 is 1.05 bits per heavy atom. The van der Waals surface area contributed by atoms with Gasteiger partial charge in [-0.15, -0.1) is 0 Å². The molecule has 19 heavy (non-hydrogen) atoms. The fraction of sp³-hybridized carbons (Fsp3) is 0.133. The van der Waals surface area contributed by atoms with Gasteiger partial charge < -0.3 is 5.32 Å². The van der Waals surface area contributed by atoms with Crippen LogP contribution in [0.15, 0.2) is 54.6 Å². The molecule has 1 N–H and O–H groups in total. The molecule has 0 aliphatic heterocycles. The van der Waals surface area contributed by atoms with E-state index in [0.717, 1.165) is 11.3 Å². The van der Waals surface area contributed by atoms with Crippen LogP contribution in [-0.2, 0) is 15.9 Å². The van der Waals surface area contributed by atoms with E-state index in [1.54, 1.807) is 19.1 Å². The van der Waals surface area contributed by atoms with Gasteiger partial charge in [-0.3, -0.25) is 4.79 Å². The van der Waals surface area contributed by atoms with Gasteiger partial charge in [0.15, 0.2) is 0 Å². The average molecular weight is 272 g/mol. The second-order valence-corrected chi connectivity index (χ2v) is 5.05. The fourth-order valence-corrected chi connectivity index (χ4v) is 2.14. The van der Waals surface area contributed by atoms with Gasteiger partial charge in [-0.25, -0.2) is 0 Å². The lowest BCUT2D eigenvalue weighted by Gasteiger charge is -2.08. The molecule has 3 nitrogen and oxygen atoms in total. The Bertz CT molecular complexity index is 584. The second-order valence-electron chi connectivity index (χ2n) is 4.15. The van der Waals surface area contributed by atoms with Crippen molar-refractivity contribution < 1.29 is 9.00 Å². The van der Waals surface area contributed by atoms with Gasteiger partial charge in [0.25, 0.3) is 11.2 Å². The van der Waals surface area contributed by atoms with Crippen LogP contribution in [0.5, 0.6) is 0 Å². The first-order valence-corrected chi connectivity index (χ1v) is 6.77. The topological polar surface area (TPSA) is 46.2 Å². The van der Waals surface area contributed by atoms with Crippen molar-refractivity contribution >= 4 is 23.3 Å². The Morgan fingerprint density at radius 2 is 1.68 bits per heavy atom. The van der Waals surface area contributed by atoms with E-state index in [4.69, 9.17) is 0 Å². The minimum atomic E-state index is -0.252. The summed E-state index contributed by atoms with van der Waals surface area (Å²) in [6.45, 7) is 1.80. The molecular formula is C15H14NO2S+. The van der Waals surface area contributed by atoms with E-state index in [0.29, 0.717) is 17.2 Å². The smallest absolute Gasteiger partial charge is 0.322 e. The fourth-order valence-electron chi connectivity index (χ4n) is 1.83. The Balaban J connectivity index is 2.27. The molecule has 96 valence electrons. The van der Waals surface area contributed by atoms with Crippen LogP contribution in [0.25, 0.3) is 0 Å². The van der Waals surface area contributed by atoms with Crippen molar-refractivity contribution in [3.05, 3.63) is 65.7 Å². The van der Waals surface area contributed by atoms with E-state index >= 15 is 0 Å². The SMILES string of the molecule is CC([S+]=O)c1ccccc1C(=O)Nc1ccccc1. The van der Waals surface area contributed by atoms with Gasteiger partial charge in [0.05, 0.1) is 0 Å². The van der Waals surface area contributed by atoms with Crippen LogP contribution in [0.1, 0.15) is 28.1 Å². The molecule has 0 aliphatic carbocycles. The molecule has 0 bridgehead atoms. The van der Waals surface area contributed by atoms with Gasteiger partial charge in [0.1, 0.15) is 0 Å². The molecule has 0 heterocycles. The van der Waals surface area contributed by atoms with Crippen molar-refractivity contribution in [2.75, 3.05) is 5.32 Å². The Hall–Kier alpha value is -2.07. The van der Waals surface area contributed by atoms with E-state index in [1.165, 1.54) is 0 Å². The van der Waals surface area contributed by atoms with Crippen LogP contribution in [0.4, 0.5) is 5.69 Å². The number of benzene rings is 2. The monoisotopic (exact) mass is 272 g/mol. The zero-order valence-electron chi connectivity index (χ0n) is 10.5. The number of carbonyl (C=O) groups is 1. The zero-order valence-corrected chi connectivity index (χ0v) is 11.3. The summed E-state index contributed by atoms with van der Waals surface area (Å²) in [6, 6.07) is 16.4. The van der Waals surface area contributed by atoms with Crippen molar-refractivity contribution in [1.29, 1.82) is 0 Å². The molecule has 0 spiro atoms. The first kappa shape index (κ1) is 13.4. The average Bonchev–Trinajstić information content (AvgIpc) is 2.47. The number of carbonyl (C=O) groups excluding carboxylic acids is 1. The summed E-state index contributed by atoms with van der Waals surface area (Å²) in [6.07, 6.45) is 0. The number of rotatable bonds is 4. The van der Waals surface area contributed by atoms with E-state index in [-0.39, 0.29) is 11.2 Å². The lowest BCUT2D eigenvalue weighted by molar-refractivity contribution is 0.102. The summed E-state index contributed by atoms with van der Waals surface area (Å²) < 4.78 is 10.9. The van der Waals surface area contributed by atoms with Gasteiger partial charge in [-0.1, -0.05) is 36.4 Å². The van der Waals surface area contributed by atoms with Gasteiger partial charge in [-0.2, -0.15) is 0 Å². The predicted molar refractivity (Wildman–Crippen MR) is 77.3 cm³/mol. The van der Waals surface area contributed by atoms with Gasteiger partial charge in [0.2, 0.25) is 0 Å². The van der Waals surface area contributed by atoms with E-state index in [2.05, 4.69) is 5.32 Å². The van der Waals surface area contributed by atoms with Gasteiger partial charge in [-0.05, 0) is 18.2 Å². The molecular weight excluding hydrogens is 258 g/mol. The van der Waals surface area contributed by atoms with Crippen molar-refractivity contribution in [1.82, 2.24) is 0 Å². The van der Waals surface area contributed by atoms with Crippen LogP contribution in [0.3, 0.4) is 0 Å². The highest BCUT2D eigenvalue weighted by molar-refractivity contribution is 7.65. The minimum absolute atomic E-state index is 0.192. The number of nitrogens with one attached hydrogen (secondary N) is 1. The van der Waals surface area contributed by atoms with E-state index in [1.807, 2.05) is 42.5 Å². The number of hydrogen-bond acceptors (Lipinski definition) is 2. The van der Waals surface area contributed by atoms with Crippen LogP contribution >= 0.6 is 0 Å². The molecule has 2 aromatic rings. The quantitative estimate of drug-likeness (QED) is 0.867. The normalized spacial score (nSPS) is 11.6. The minimum Gasteiger partial charge on any atom is -0.322 e. The summed E-state index contributed by atoms with van der Waals surface area (Å²) in [5.41, 5.74) is 2.04. The maximum absolute atomic E-state index is 12.2. The Morgan fingerprint density at radius 3 is 2.37 bits per heavy atom. The molecule has 0 saturated carbocycles. The number of para-hydroxylation sites is 1. The largest absolute Gasteiger partial charge is 0.466 e. The molecule has 0 fully saturated rings. The molecule has 2 aromatic carbocycles. The highest BCUT2D eigenvalue weighted by Crippen LogP contribution is 2.20. The summed E-state index contributed by atoms with van der Waals surface area (Å²) >= 11 is 0.486. The maximum Gasteiger partial charge on any atom is 0.466 e. The Labute approximate surface area is 116 Å². The van der Waals surface area contributed by atoms with Crippen molar-refractivity contribution in [3.63, 3.8) is 0 Å². The second kappa shape index (κ2) is 6.20. The third kappa shape index (κ3) is 3.23. The summed E-state index contributed by atoms with van der Waals surface area (Å²) in [5, 5.41) is 2.58. The number of hydrogen-bond donors (Lipinski definition) is 1. The van der Waals surface area contributed by atoms with Crippen molar-refractivity contribution in [3.8, 4) is 0 Å². The zero-order chi connectivity index (χ0) is 13.7. The molecule has 4 heteroatoms. The molecule has 0 aliphatic rings. The lowest BCUT2D eigenvalue weighted by atomic mass is 10.0. The standard InChI is InChI=1S/C15H13NO2S/c1-11(19-18)13-9-5-6-10-14(13)15(17)16-12-7-3-2-4-8-12/h2-11H,1H3/p+1. The van der Waals surface area contributed by atoms with Crippen molar-refractivity contribution in [2.24, 2.45) is 0 Å². The lowest BCUT2D eigenvalue weighted by Crippen LogP contribution is -2.15. The maximum atomic E-state index is 12.2. The first-order chi connectivity index (χ1) is 9.22. The predicted octanol–water partition coefficient (Wildman–Crippen LogP) is 3.43. The molecule has 2 rings (SSSR count). The summed E-state index contributed by atoms with van der Waals surface area (Å²) in [7, 11) is 0. The molecule has 0 saturated heterocycles. The van der Waals surface area contributed by atoms with Crippen LogP contribution in [0.2, 0.25) is 0 Å². The number of amides is 1. The van der Waals surface area contributed by atoms with Crippen LogP contribution in [-0.4, -0.2) is 5.91 Å². The first-order valence-electron chi connectivity index (χ1n) is 5.96. The third-order valence-electron chi connectivity index (χ3n) is 2.82. The van der Waals surface area contributed by atoms with Gasteiger partial charge >= 0.3 is 11.7 Å². The molecule has 1 unspecified atom stereocenters. The highest BCUT2D eigenvalue weighted by Gasteiger charge is 2.23. The molecule has 0 aromatic heterocycles. The summed E-state index contributed by atoms with van der Waals surface area (Å²) in [4.78, 5) is 12.2.